The number of sulfonamides is 1. The Morgan fingerprint density at radius 3 is 2.40 bits per heavy atom. The molecule has 0 aliphatic carbocycles. The van der Waals surface area contributed by atoms with Gasteiger partial charge in [-0.25, -0.2) is 12.7 Å². The third kappa shape index (κ3) is 4.56. The second-order valence-corrected chi connectivity index (χ2v) is 9.36. The Balaban J connectivity index is 1.61. The number of carbonyl (C=O) groups is 2. The maximum Gasteiger partial charge on any atom is 0.251 e. The van der Waals surface area contributed by atoms with Gasteiger partial charge in [-0.3, -0.25) is 9.59 Å². The summed E-state index contributed by atoms with van der Waals surface area (Å²) in [4.78, 5) is 25.0. The van der Waals surface area contributed by atoms with Crippen molar-refractivity contribution in [2.24, 2.45) is 5.41 Å². The van der Waals surface area contributed by atoms with Crippen LogP contribution in [0.1, 0.15) is 24.2 Å². The summed E-state index contributed by atoms with van der Waals surface area (Å²) in [6.07, 6.45) is 0. The fourth-order valence-corrected chi connectivity index (χ4v) is 5.24. The predicted octanol–water partition coefficient (Wildman–Crippen LogP) is 2.21. The summed E-state index contributed by atoms with van der Waals surface area (Å²) in [6, 6.07) is 13.1. The van der Waals surface area contributed by atoms with Gasteiger partial charge in [-0.2, -0.15) is 0 Å². The maximum atomic E-state index is 12.5. The van der Waals surface area contributed by atoms with Crippen molar-refractivity contribution < 1.29 is 27.5 Å². The van der Waals surface area contributed by atoms with E-state index in [-0.39, 0.29) is 30.2 Å². The summed E-state index contributed by atoms with van der Waals surface area (Å²) < 4.78 is 36.3. The van der Waals surface area contributed by atoms with Crippen LogP contribution in [0.3, 0.4) is 0 Å². The smallest absolute Gasteiger partial charge is 0.251 e. The molecule has 1 fully saturated rings. The van der Waals surface area contributed by atoms with Crippen molar-refractivity contribution >= 4 is 27.5 Å². The van der Waals surface area contributed by atoms with Gasteiger partial charge in [0.25, 0.3) is 5.91 Å². The number of rotatable bonds is 7. The van der Waals surface area contributed by atoms with E-state index in [1.165, 1.54) is 12.1 Å². The molecule has 0 spiro atoms. The number of amides is 2. The van der Waals surface area contributed by atoms with Crippen LogP contribution >= 0.6 is 0 Å². The minimum Gasteiger partial charge on any atom is -0.497 e. The number of nitrogens with one attached hydrogen (secondary N) is 1. The summed E-state index contributed by atoms with van der Waals surface area (Å²) in [5.41, 5.74) is -0.590. The summed E-state index contributed by atoms with van der Waals surface area (Å²) in [5.74, 6) is 0.203. The largest absolute Gasteiger partial charge is 0.497 e. The number of carbonyl (C=O) groups excluding carboxylic acids is 2. The van der Waals surface area contributed by atoms with Crippen molar-refractivity contribution in [2.45, 2.75) is 13.8 Å². The van der Waals surface area contributed by atoms with Crippen molar-refractivity contribution in [3.8, 4) is 11.5 Å². The standard InChI is InChI=1S/C21H24N2O6S/c1-21(2)14-30(26,27)23(20(21)25)16-6-4-5-15(13-16)19(24)22-11-12-29-18-9-7-17(28-3)8-10-18/h4-10,13H,11-12,14H2,1-3H3,(H,22,24). The molecule has 0 radical (unpaired) electrons. The fraction of sp³-hybridized carbons (Fsp3) is 0.333. The quantitative estimate of drug-likeness (QED) is 0.673. The molecule has 160 valence electrons. The zero-order valence-electron chi connectivity index (χ0n) is 17.0. The van der Waals surface area contributed by atoms with Gasteiger partial charge in [0.1, 0.15) is 18.1 Å². The topological polar surface area (TPSA) is 102 Å². The van der Waals surface area contributed by atoms with Gasteiger partial charge in [0, 0.05) is 5.56 Å². The fourth-order valence-electron chi connectivity index (χ4n) is 3.14. The molecule has 0 unspecified atom stereocenters. The molecule has 2 aromatic rings. The molecule has 30 heavy (non-hydrogen) atoms. The molecule has 9 heteroatoms. The zero-order chi connectivity index (χ0) is 21.9. The summed E-state index contributed by atoms with van der Waals surface area (Å²) in [6.45, 7) is 3.69. The molecular formula is C21H24N2O6S. The minimum absolute atomic E-state index is 0.160. The van der Waals surface area contributed by atoms with Gasteiger partial charge in [0.05, 0.1) is 30.5 Å². The summed E-state index contributed by atoms with van der Waals surface area (Å²) >= 11 is 0. The van der Waals surface area contributed by atoms with Crippen molar-refractivity contribution in [3.05, 3.63) is 54.1 Å². The lowest BCUT2D eigenvalue weighted by atomic mass is 9.95. The highest BCUT2D eigenvalue weighted by atomic mass is 32.2. The first-order chi connectivity index (χ1) is 14.1. The molecule has 1 heterocycles. The highest BCUT2D eigenvalue weighted by Crippen LogP contribution is 2.35. The lowest BCUT2D eigenvalue weighted by molar-refractivity contribution is -0.123. The molecule has 0 bridgehead atoms. The molecule has 2 amide bonds. The van der Waals surface area contributed by atoms with Crippen LogP contribution in [-0.2, 0) is 14.8 Å². The first-order valence-electron chi connectivity index (χ1n) is 9.37. The molecule has 0 atom stereocenters. The lowest BCUT2D eigenvalue weighted by Gasteiger charge is -2.18. The van der Waals surface area contributed by atoms with E-state index in [0.717, 1.165) is 10.1 Å². The third-order valence-corrected chi connectivity index (χ3v) is 6.66. The van der Waals surface area contributed by atoms with Crippen LogP contribution in [0.15, 0.2) is 48.5 Å². The lowest BCUT2D eigenvalue weighted by Crippen LogP contribution is -2.33. The highest BCUT2D eigenvalue weighted by Gasteiger charge is 2.49. The number of benzene rings is 2. The highest BCUT2D eigenvalue weighted by molar-refractivity contribution is 7.94. The van der Waals surface area contributed by atoms with Crippen molar-refractivity contribution in [1.82, 2.24) is 5.32 Å². The second-order valence-electron chi connectivity index (χ2n) is 7.54. The van der Waals surface area contributed by atoms with Gasteiger partial charge in [0.2, 0.25) is 15.9 Å². The molecule has 1 aliphatic rings. The van der Waals surface area contributed by atoms with Crippen LogP contribution in [0.5, 0.6) is 11.5 Å². The Morgan fingerprint density at radius 1 is 1.13 bits per heavy atom. The molecule has 2 aromatic carbocycles. The average molecular weight is 432 g/mol. The van der Waals surface area contributed by atoms with Crippen LogP contribution in [-0.4, -0.2) is 46.2 Å². The molecule has 1 aliphatic heterocycles. The molecule has 0 aromatic heterocycles. The number of anilines is 1. The number of ether oxygens (including phenoxy) is 2. The summed E-state index contributed by atoms with van der Waals surface area (Å²) in [5, 5.41) is 2.72. The normalized spacial score (nSPS) is 16.9. The molecule has 3 rings (SSSR count). The first-order valence-corrected chi connectivity index (χ1v) is 11.0. The van der Waals surface area contributed by atoms with Crippen molar-refractivity contribution in [2.75, 3.05) is 30.3 Å². The van der Waals surface area contributed by atoms with Crippen LogP contribution < -0.4 is 19.1 Å². The van der Waals surface area contributed by atoms with Gasteiger partial charge in [-0.1, -0.05) is 6.07 Å². The maximum absolute atomic E-state index is 12.5. The van der Waals surface area contributed by atoms with E-state index in [2.05, 4.69) is 5.32 Å². The Labute approximate surface area is 175 Å². The van der Waals surface area contributed by atoms with Crippen LogP contribution in [0.4, 0.5) is 5.69 Å². The zero-order valence-corrected chi connectivity index (χ0v) is 17.9. The Morgan fingerprint density at radius 2 is 1.80 bits per heavy atom. The Hall–Kier alpha value is -3.07. The monoisotopic (exact) mass is 432 g/mol. The average Bonchev–Trinajstić information content (AvgIpc) is 2.87. The number of nitrogens with zero attached hydrogens (tertiary/aromatic N) is 1. The van der Waals surface area contributed by atoms with E-state index in [1.54, 1.807) is 57.4 Å². The van der Waals surface area contributed by atoms with Crippen LogP contribution in [0.2, 0.25) is 0 Å². The van der Waals surface area contributed by atoms with Crippen molar-refractivity contribution in [1.29, 1.82) is 0 Å². The second kappa shape index (κ2) is 8.35. The van der Waals surface area contributed by atoms with Gasteiger partial charge in [-0.05, 0) is 56.3 Å². The van der Waals surface area contributed by atoms with E-state index in [1.807, 2.05) is 0 Å². The van der Waals surface area contributed by atoms with E-state index in [0.29, 0.717) is 5.75 Å². The van der Waals surface area contributed by atoms with Crippen LogP contribution in [0, 0.1) is 5.41 Å². The first kappa shape index (κ1) is 21.6. The summed E-state index contributed by atoms with van der Waals surface area (Å²) in [7, 11) is -2.19. The van der Waals surface area contributed by atoms with E-state index in [9.17, 15) is 18.0 Å². The number of methoxy groups -OCH3 is 1. The predicted molar refractivity (Wildman–Crippen MR) is 112 cm³/mol. The number of hydrogen-bond donors (Lipinski definition) is 1. The van der Waals surface area contributed by atoms with Crippen LogP contribution in [0.25, 0.3) is 0 Å². The van der Waals surface area contributed by atoms with Gasteiger partial charge >= 0.3 is 0 Å². The SMILES string of the molecule is COc1ccc(OCCNC(=O)c2cccc(N3C(=O)C(C)(C)CS3(=O)=O)c2)cc1. The molecular weight excluding hydrogens is 408 g/mol. The molecule has 0 saturated carbocycles. The Bertz CT molecular complexity index is 1050. The van der Waals surface area contributed by atoms with E-state index < -0.39 is 27.3 Å². The van der Waals surface area contributed by atoms with Crippen molar-refractivity contribution in [3.63, 3.8) is 0 Å². The van der Waals surface area contributed by atoms with Gasteiger partial charge < -0.3 is 14.8 Å². The molecule has 8 nitrogen and oxygen atoms in total. The van der Waals surface area contributed by atoms with E-state index >= 15 is 0 Å². The van der Waals surface area contributed by atoms with Gasteiger partial charge in [0.15, 0.2) is 0 Å². The molecule has 1 saturated heterocycles. The number of hydrogen-bond acceptors (Lipinski definition) is 6. The Kier molecular flexibility index (Phi) is 6.02. The molecule has 1 N–H and O–H groups in total. The minimum atomic E-state index is -3.77. The van der Waals surface area contributed by atoms with Gasteiger partial charge in [-0.15, -0.1) is 0 Å². The third-order valence-electron chi connectivity index (χ3n) is 4.64. The van der Waals surface area contributed by atoms with E-state index in [4.69, 9.17) is 9.47 Å².